The molecule has 1 aliphatic rings. The minimum absolute atomic E-state index is 0.0691. The molecule has 1 aromatic heterocycles. The number of piperazine rings is 1. The molecule has 2 rings (SSSR count). The van der Waals surface area contributed by atoms with Crippen LogP contribution in [-0.2, 0) is 9.59 Å². The number of carbonyl (C=O) groups is 2. The zero-order valence-electron chi connectivity index (χ0n) is 16.0. The third kappa shape index (κ3) is 4.39. The second-order valence-corrected chi connectivity index (χ2v) is 6.98. The van der Waals surface area contributed by atoms with Gasteiger partial charge in [-0.3, -0.25) is 14.5 Å². The van der Waals surface area contributed by atoms with Crippen molar-refractivity contribution in [2.24, 2.45) is 0 Å². The van der Waals surface area contributed by atoms with Crippen molar-refractivity contribution in [1.82, 2.24) is 20.0 Å². The van der Waals surface area contributed by atoms with Gasteiger partial charge >= 0.3 is 0 Å². The van der Waals surface area contributed by atoms with E-state index in [4.69, 9.17) is 0 Å². The van der Waals surface area contributed by atoms with Gasteiger partial charge in [0.1, 0.15) is 5.82 Å². The highest BCUT2D eigenvalue weighted by Gasteiger charge is 2.33. The Morgan fingerprint density at radius 3 is 2.68 bits per heavy atom. The molecule has 1 fully saturated rings. The van der Waals surface area contributed by atoms with Gasteiger partial charge in [0.15, 0.2) is 0 Å². The van der Waals surface area contributed by atoms with Crippen LogP contribution < -0.4 is 10.6 Å². The number of rotatable bonds is 7. The molecule has 7 nitrogen and oxygen atoms in total. The Labute approximate surface area is 150 Å². The zero-order chi connectivity index (χ0) is 18.6. The fourth-order valence-corrected chi connectivity index (χ4v) is 3.43. The molecule has 7 heteroatoms. The van der Waals surface area contributed by atoms with E-state index in [0.717, 1.165) is 30.8 Å². The van der Waals surface area contributed by atoms with Crippen LogP contribution >= 0.6 is 0 Å². The zero-order valence-corrected chi connectivity index (χ0v) is 16.0. The third-order valence-electron chi connectivity index (χ3n) is 4.94. The molecule has 1 saturated heterocycles. The van der Waals surface area contributed by atoms with Crippen molar-refractivity contribution >= 4 is 17.6 Å². The van der Waals surface area contributed by atoms with Gasteiger partial charge in [0.2, 0.25) is 11.8 Å². The Morgan fingerprint density at radius 1 is 1.40 bits per heavy atom. The number of hydrogen-bond donors (Lipinski definition) is 2. The molecule has 1 aliphatic heterocycles. The third-order valence-corrected chi connectivity index (χ3v) is 4.94. The van der Waals surface area contributed by atoms with Crippen molar-refractivity contribution < 1.29 is 9.59 Å². The molecule has 1 aromatic rings. The monoisotopic (exact) mass is 349 g/mol. The maximum Gasteiger partial charge on any atom is 0.237 e. The minimum atomic E-state index is -0.418. The van der Waals surface area contributed by atoms with Crippen molar-refractivity contribution in [3.8, 4) is 0 Å². The average Bonchev–Trinajstić information content (AvgIpc) is 2.91. The molecule has 0 unspecified atom stereocenters. The van der Waals surface area contributed by atoms with E-state index >= 15 is 0 Å². The normalized spacial score (nSPS) is 18.7. The highest BCUT2D eigenvalue weighted by Crippen LogP contribution is 2.24. The first-order chi connectivity index (χ1) is 11.9. The van der Waals surface area contributed by atoms with Gasteiger partial charge in [-0.2, -0.15) is 5.10 Å². The van der Waals surface area contributed by atoms with Crippen molar-refractivity contribution in [3.63, 3.8) is 0 Å². The van der Waals surface area contributed by atoms with E-state index in [-0.39, 0.29) is 30.3 Å². The first kappa shape index (κ1) is 19.4. The van der Waals surface area contributed by atoms with E-state index in [1.54, 1.807) is 6.20 Å². The van der Waals surface area contributed by atoms with Gasteiger partial charge < -0.3 is 10.6 Å². The lowest BCUT2D eigenvalue weighted by molar-refractivity contribution is -0.133. The predicted octanol–water partition coefficient (Wildman–Crippen LogP) is 2.09. The van der Waals surface area contributed by atoms with Crippen LogP contribution in [0.25, 0.3) is 0 Å². The maximum atomic E-state index is 12.6. The summed E-state index contributed by atoms with van der Waals surface area (Å²) in [6.07, 6.45) is 3.83. The summed E-state index contributed by atoms with van der Waals surface area (Å²) in [7, 11) is 0. The average molecular weight is 349 g/mol. The van der Waals surface area contributed by atoms with Gasteiger partial charge in [-0.05, 0) is 33.6 Å². The molecule has 0 radical (unpaired) electrons. The molecule has 0 spiro atoms. The lowest BCUT2D eigenvalue weighted by Gasteiger charge is -2.37. The van der Waals surface area contributed by atoms with Gasteiger partial charge in [-0.1, -0.05) is 13.8 Å². The van der Waals surface area contributed by atoms with Crippen LogP contribution in [-0.4, -0.2) is 51.7 Å². The lowest BCUT2D eigenvalue weighted by atomic mass is 10.1. The van der Waals surface area contributed by atoms with Crippen LogP contribution in [0.15, 0.2) is 6.20 Å². The largest absolute Gasteiger partial charge is 0.353 e. The molecule has 140 valence electrons. The summed E-state index contributed by atoms with van der Waals surface area (Å²) >= 11 is 0. The second-order valence-electron chi connectivity index (χ2n) is 6.98. The van der Waals surface area contributed by atoms with Gasteiger partial charge in [0.05, 0.1) is 24.7 Å². The van der Waals surface area contributed by atoms with E-state index in [1.165, 1.54) is 0 Å². The smallest absolute Gasteiger partial charge is 0.237 e. The van der Waals surface area contributed by atoms with Gasteiger partial charge in [-0.15, -0.1) is 0 Å². The summed E-state index contributed by atoms with van der Waals surface area (Å²) < 4.78 is 1.90. The van der Waals surface area contributed by atoms with Gasteiger partial charge in [0.25, 0.3) is 0 Å². The Morgan fingerprint density at radius 2 is 2.08 bits per heavy atom. The van der Waals surface area contributed by atoms with E-state index in [2.05, 4.69) is 48.3 Å². The topological polar surface area (TPSA) is 79.3 Å². The fraction of sp³-hybridized carbons (Fsp3) is 0.722. The number of nitrogens with zero attached hydrogens (tertiary/aromatic N) is 3. The van der Waals surface area contributed by atoms with Gasteiger partial charge in [0, 0.05) is 24.7 Å². The summed E-state index contributed by atoms with van der Waals surface area (Å²) in [4.78, 5) is 27.0. The molecular formula is C18H31N5O2. The molecule has 0 aliphatic carbocycles. The SMILES string of the molecule is CCC(CC)n1ncc(C)c1NC(=O)C[C@@H]1C(=O)NCCN1C(C)C. The molecule has 0 aromatic carbocycles. The van der Waals surface area contributed by atoms with E-state index < -0.39 is 6.04 Å². The number of aromatic nitrogens is 2. The number of hydrogen-bond acceptors (Lipinski definition) is 4. The van der Waals surface area contributed by atoms with Crippen LogP contribution in [0.4, 0.5) is 5.82 Å². The maximum absolute atomic E-state index is 12.6. The first-order valence-electron chi connectivity index (χ1n) is 9.26. The summed E-state index contributed by atoms with van der Waals surface area (Å²) in [5, 5.41) is 10.3. The van der Waals surface area contributed by atoms with Crippen molar-refractivity contribution in [2.45, 2.75) is 72.0 Å². The number of nitrogens with one attached hydrogen (secondary N) is 2. The summed E-state index contributed by atoms with van der Waals surface area (Å²) in [6.45, 7) is 11.7. The van der Waals surface area contributed by atoms with Gasteiger partial charge in [-0.25, -0.2) is 4.68 Å². The number of aryl methyl sites for hydroxylation is 1. The van der Waals surface area contributed by atoms with Crippen LogP contribution in [0.5, 0.6) is 0 Å². The fourth-order valence-electron chi connectivity index (χ4n) is 3.43. The summed E-state index contributed by atoms with van der Waals surface area (Å²) in [6, 6.07) is 0.0633. The summed E-state index contributed by atoms with van der Waals surface area (Å²) in [5.74, 6) is 0.523. The van der Waals surface area contributed by atoms with Crippen molar-refractivity contribution in [2.75, 3.05) is 18.4 Å². The van der Waals surface area contributed by atoms with Crippen molar-refractivity contribution in [3.05, 3.63) is 11.8 Å². The molecule has 2 N–H and O–H groups in total. The van der Waals surface area contributed by atoms with Crippen LogP contribution in [0.1, 0.15) is 58.6 Å². The van der Waals surface area contributed by atoms with E-state index in [1.807, 2.05) is 11.6 Å². The lowest BCUT2D eigenvalue weighted by Crippen LogP contribution is -2.58. The predicted molar refractivity (Wildman–Crippen MR) is 98.5 cm³/mol. The molecule has 2 heterocycles. The van der Waals surface area contributed by atoms with E-state index in [0.29, 0.717) is 6.54 Å². The van der Waals surface area contributed by atoms with Crippen LogP contribution in [0, 0.1) is 6.92 Å². The van der Waals surface area contributed by atoms with Crippen LogP contribution in [0.3, 0.4) is 0 Å². The molecule has 0 bridgehead atoms. The number of anilines is 1. The number of amides is 2. The first-order valence-corrected chi connectivity index (χ1v) is 9.26. The highest BCUT2D eigenvalue weighted by molar-refractivity contribution is 5.95. The standard InChI is InChI=1S/C18H31N5O2/c1-6-14(7-2)23-17(13(5)11-20-23)21-16(24)10-15-18(25)19-8-9-22(15)12(3)4/h11-12,14-15H,6-10H2,1-5H3,(H,19,25)(H,21,24)/t15-/m1/s1. The van der Waals surface area contributed by atoms with Crippen LogP contribution in [0.2, 0.25) is 0 Å². The Bertz CT molecular complexity index is 607. The molecule has 2 amide bonds. The molecular weight excluding hydrogens is 318 g/mol. The number of carbonyl (C=O) groups excluding carboxylic acids is 2. The molecule has 1 atom stereocenters. The quantitative estimate of drug-likeness (QED) is 0.790. The highest BCUT2D eigenvalue weighted by atomic mass is 16.2. The molecule has 25 heavy (non-hydrogen) atoms. The Hall–Kier alpha value is -1.89. The van der Waals surface area contributed by atoms with Crippen molar-refractivity contribution in [1.29, 1.82) is 0 Å². The Balaban J connectivity index is 2.12. The second kappa shape index (κ2) is 8.47. The summed E-state index contributed by atoms with van der Waals surface area (Å²) in [5.41, 5.74) is 0.939. The van der Waals surface area contributed by atoms with E-state index in [9.17, 15) is 9.59 Å². The Kier molecular flexibility index (Phi) is 6.58. The molecule has 0 saturated carbocycles. The minimum Gasteiger partial charge on any atom is -0.353 e.